The van der Waals surface area contributed by atoms with Gasteiger partial charge in [-0.05, 0) is 48.9 Å². The number of nitro groups is 1. The molecule has 0 spiro atoms. The smallest absolute Gasteiger partial charge is 0.269 e. The highest BCUT2D eigenvalue weighted by molar-refractivity contribution is 5.97. The van der Waals surface area contributed by atoms with E-state index in [1.54, 1.807) is 37.3 Å². The summed E-state index contributed by atoms with van der Waals surface area (Å²) in [7, 11) is 0. The quantitative estimate of drug-likeness (QED) is 0.320. The van der Waals surface area contributed by atoms with Crippen molar-refractivity contribution in [3.8, 4) is 22.8 Å². The van der Waals surface area contributed by atoms with Gasteiger partial charge in [-0.15, -0.1) is 0 Å². The number of hydrogen-bond donors (Lipinski definition) is 2. The number of nitrogens with one attached hydrogen (secondary N) is 2. The number of carbonyl (C=O) groups excluding carboxylic acids is 2. The lowest BCUT2D eigenvalue weighted by Gasteiger charge is -2.05. The van der Waals surface area contributed by atoms with Crippen LogP contribution in [0.1, 0.15) is 21.7 Å². The van der Waals surface area contributed by atoms with Crippen LogP contribution in [-0.2, 0) is 4.79 Å². The summed E-state index contributed by atoms with van der Waals surface area (Å²) in [5.74, 6) is 0.931. The Bertz CT molecular complexity index is 1270. The van der Waals surface area contributed by atoms with Crippen LogP contribution in [0.25, 0.3) is 11.3 Å². The number of rotatable bonds is 7. The van der Waals surface area contributed by atoms with Crippen LogP contribution in [0.15, 0.2) is 58.0 Å². The van der Waals surface area contributed by atoms with Gasteiger partial charge < -0.3 is 19.2 Å². The molecule has 1 aromatic heterocycles. The number of hydrogen-bond acceptors (Lipinski definition) is 8. The maximum absolute atomic E-state index is 12.2. The highest BCUT2D eigenvalue weighted by Crippen LogP contribution is 2.32. The normalized spacial score (nSPS) is 12.0. The molecule has 0 unspecified atom stereocenters. The largest absolute Gasteiger partial charge is 0.455 e. The minimum absolute atomic E-state index is 0.00193. The van der Waals surface area contributed by atoms with Gasteiger partial charge in [-0.3, -0.25) is 19.7 Å². The lowest BCUT2D eigenvalue weighted by atomic mass is 10.1. The molecule has 2 aromatic carbocycles. The van der Waals surface area contributed by atoms with Gasteiger partial charge in [0.05, 0.1) is 17.7 Å². The number of non-ortho nitro benzene ring substituents is 1. The van der Waals surface area contributed by atoms with Crippen LogP contribution in [0.2, 0.25) is 0 Å². The zero-order valence-corrected chi connectivity index (χ0v) is 17.4. The van der Waals surface area contributed by atoms with Crippen LogP contribution in [0.3, 0.4) is 0 Å². The second-order valence-electron chi connectivity index (χ2n) is 7.00. The van der Waals surface area contributed by atoms with Gasteiger partial charge in [0.1, 0.15) is 11.5 Å². The molecular weight excluding hydrogens is 432 g/mol. The molecular formula is C22H18N4O7. The SMILES string of the molecule is Cc1cc([N+](=O)[O-])ccc1-c1ccc(/C=N/NC(=O)CNC(=O)c2ccc3c(c2)OCO3)o1. The van der Waals surface area contributed by atoms with Crippen molar-refractivity contribution in [3.05, 3.63) is 75.5 Å². The summed E-state index contributed by atoms with van der Waals surface area (Å²) in [5.41, 5.74) is 4.02. The van der Waals surface area contributed by atoms with Gasteiger partial charge in [-0.1, -0.05) is 0 Å². The number of amides is 2. The van der Waals surface area contributed by atoms with Crippen LogP contribution >= 0.6 is 0 Å². The zero-order chi connectivity index (χ0) is 23.4. The Hall–Kier alpha value is -4.67. The van der Waals surface area contributed by atoms with Crippen molar-refractivity contribution in [3.63, 3.8) is 0 Å². The fourth-order valence-corrected chi connectivity index (χ4v) is 3.11. The molecule has 1 aliphatic rings. The molecule has 2 N–H and O–H groups in total. The van der Waals surface area contributed by atoms with Crippen LogP contribution in [0.4, 0.5) is 5.69 Å². The van der Waals surface area contributed by atoms with Crippen molar-refractivity contribution >= 4 is 23.7 Å². The molecule has 3 aromatic rings. The van der Waals surface area contributed by atoms with Crippen LogP contribution < -0.4 is 20.2 Å². The first-order valence-corrected chi connectivity index (χ1v) is 9.76. The zero-order valence-electron chi connectivity index (χ0n) is 17.4. The summed E-state index contributed by atoms with van der Waals surface area (Å²) in [6.45, 7) is 1.57. The number of aryl methyl sites for hydroxylation is 1. The van der Waals surface area contributed by atoms with E-state index < -0.39 is 16.7 Å². The first kappa shape index (κ1) is 21.6. The highest BCUT2D eigenvalue weighted by Gasteiger charge is 2.16. The fourth-order valence-electron chi connectivity index (χ4n) is 3.11. The van der Waals surface area contributed by atoms with E-state index in [4.69, 9.17) is 13.9 Å². The summed E-state index contributed by atoms with van der Waals surface area (Å²) in [6, 6.07) is 12.5. The molecule has 4 rings (SSSR count). The average molecular weight is 450 g/mol. The third-order valence-electron chi connectivity index (χ3n) is 4.74. The maximum Gasteiger partial charge on any atom is 0.269 e. The number of nitro benzene ring substituents is 1. The van der Waals surface area contributed by atoms with Crippen molar-refractivity contribution in [2.75, 3.05) is 13.3 Å². The molecule has 0 saturated heterocycles. The molecule has 1 aliphatic heterocycles. The number of nitrogens with zero attached hydrogens (tertiary/aromatic N) is 2. The van der Waals surface area contributed by atoms with Crippen molar-refractivity contribution in [2.45, 2.75) is 6.92 Å². The second-order valence-corrected chi connectivity index (χ2v) is 7.00. The van der Waals surface area contributed by atoms with E-state index >= 15 is 0 Å². The van der Waals surface area contributed by atoms with Gasteiger partial charge in [0.25, 0.3) is 17.5 Å². The summed E-state index contributed by atoms with van der Waals surface area (Å²) < 4.78 is 16.1. The van der Waals surface area contributed by atoms with Crippen molar-refractivity contribution in [1.29, 1.82) is 0 Å². The van der Waals surface area contributed by atoms with Crippen molar-refractivity contribution in [1.82, 2.24) is 10.7 Å². The molecule has 2 heterocycles. The molecule has 0 bridgehead atoms. The number of fused-ring (bicyclic) bond motifs is 1. The van der Waals surface area contributed by atoms with E-state index in [1.165, 1.54) is 24.4 Å². The average Bonchev–Trinajstić information content (AvgIpc) is 3.46. The number of furan rings is 1. The monoisotopic (exact) mass is 450 g/mol. The molecule has 0 atom stereocenters. The Morgan fingerprint density at radius 3 is 2.73 bits per heavy atom. The number of benzene rings is 2. The molecule has 168 valence electrons. The Balaban J connectivity index is 1.29. The summed E-state index contributed by atoms with van der Waals surface area (Å²) in [6.07, 6.45) is 1.31. The van der Waals surface area contributed by atoms with Gasteiger partial charge in [0, 0.05) is 23.3 Å². The highest BCUT2D eigenvalue weighted by atomic mass is 16.7. The van der Waals surface area contributed by atoms with E-state index in [1.807, 2.05) is 0 Å². The number of ether oxygens (including phenoxy) is 2. The van der Waals surface area contributed by atoms with Crippen molar-refractivity contribution < 1.29 is 28.4 Å². The third kappa shape index (κ3) is 4.98. The van der Waals surface area contributed by atoms with Gasteiger partial charge in [0.2, 0.25) is 6.79 Å². The standard InChI is InChI=1S/C22H18N4O7/c1-13-8-15(26(29)30)3-5-17(13)18-7-4-16(33-18)10-24-25-21(27)11-23-22(28)14-2-6-19-20(9-14)32-12-31-19/h2-10H,11-12H2,1H3,(H,23,28)(H,25,27)/b24-10+. The lowest BCUT2D eigenvalue weighted by Crippen LogP contribution is -2.34. The topological polar surface area (TPSA) is 145 Å². The van der Waals surface area contributed by atoms with Crippen LogP contribution in [0.5, 0.6) is 11.5 Å². The summed E-state index contributed by atoms with van der Waals surface area (Å²) >= 11 is 0. The first-order valence-electron chi connectivity index (χ1n) is 9.76. The van der Waals surface area contributed by atoms with Crippen molar-refractivity contribution in [2.24, 2.45) is 5.10 Å². The number of carbonyl (C=O) groups is 2. The summed E-state index contributed by atoms with van der Waals surface area (Å²) in [5, 5.41) is 17.2. The van der Waals surface area contributed by atoms with Crippen LogP contribution in [0, 0.1) is 17.0 Å². The molecule has 33 heavy (non-hydrogen) atoms. The lowest BCUT2D eigenvalue weighted by molar-refractivity contribution is -0.384. The van der Waals surface area contributed by atoms with E-state index in [0.717, 1.165) is 0 Å². The van der Waals surface area contributed by atoms with E-state index in [2.05, 4.69) is 15.8 Å². The van der Waals surface area contributed by atoms with Gasteiger partial charge in [0.15, 0.2) is 11.5 Å². The van der Waals surface area contributed by atoms with Gasteiger partial charge >= 0.3 is 0 Å². The molecule has 0 saturated carbocycles. The first-order chi connectivity index (χ1) is 15.9. The molecule has 0 aliphatic carbocycles. The van der Waals surface area contributed by atoms with Gasteiger partial charge in [-0.2, -0.15) is 5.10 Å². The van der Waals surface area contributed by atoms with Gasteiger partial charge in [-0.25, -0.2) is 5.43 Å². The Morgan fingerprint density at radius 1 is 1.12 bits per heavy atom. The Morgan fingerprint density at radius 2 is 1.94 bits per heavy atom. The molecule has 0 radical (unpaired) electrons. The molecule has 0 fully saturated rings. The number of hydrazone groups is 1. The Labute approximate surface area is 187 Å². The minimum atomic E-state index is -0.529. The fraction of sp³-hybridized carbons (Fsp3) is 0.136. The molecule has 2 amide bonds. The van der Waals surface area contributed by atoms with Crippen LogP contribution in [-0.4, -0.2) is 36.3 Å². The Kier molecular flexibility index (Phi) is 6.02. The second kappa shape index (κ2) is 9.22. The third-order valence-corrected chi connectivity index (χ3v) is 4.74. The van der Waals surface area contributed by atoms with E-state index in [-0.39, 0.29) is 19.0 Å². The molecule has 11 nitrogen and oxygen atoms in total. The minimum Gasteiger partial charge on any atom is -0.455 e. The van der Waals surface area contributed by atoms with E-state index in [9.17, 15) is 19.7 Å². The predicted octanol–water partition coefficient (Wildman–Crippen LogP) is 2.77. The predicted molar refractivity (Wildman–Crippen MR) is 116 cm³/mol. The summed E-state index contributed by atoms with van der Waals surface area (Å²) in [4.78, 5) is 34.5. The van der Waals surface area contributed by atoms with E-state index in [0.29, 0.717) is 39.7 Å². The molecule has 11 heteroatoms. The maximum atomic E-state index is 12.2.